The summed E-state index contributed by atoms with van der Waals surface area (Å²) < 4.78 is 29.9. The van der Waals surface area contributed by atoms with Crippen LogP contribution in [0.25, 0.3) is 11.5 Å². The van der Waals surface area contributed by atoms with Crippen LogP contribution in [0.5, 0.6) is 0 Å². The molecule has 0 saturated carbocycles. The smallest absolute Gasteiger partial charge is 0.277 e. The van der Waals surface area contributed by atoms with Gasteiger partial charge in [-0.15, -0.1) is 10.2 Å². The van der Waals surface area contributed by atoms with Crippen molar-refractivity contribution in [2.45, 2.75) is 17.0 Å². The summed E-state index contributed by atoms with van der Waals surface area (Å²) in [5.41, 5.74) is 1.94. The van der Waals surface area contributed by atoms with E-state index in [-0.39, 0.29) is 4.90 Å². The Morgan fingerprint density at radius 2 is 1.76 bits per heavy atom. The van der Waals surface area contributed by atoms with Gasteiger partial charge in [-0.1, -0.05) is 54.2 Å². The van der Waals surface area contributed by atoms with Crippen molar-refractivity contribution >= 4 is 21.6 Å². The highest BCUT2D eigenvalue weighted by molar-refractivity contribution is 7.99. The molecule has 2 aromatic carbocycles. The molecule has 0 atom stereocenters. The van der Waals surface area contributed by atoms with Crippen LogP contribution in [0.2, 0.25) is 0 Å². The Kier molecular flexibility index (Phi) is 5.35. The van der Waals surface area contributed by atoms with Crippen LogP contribution in [-0.4, -0.2) is 24.4 Å². The number of nitrogens with zero attached hydrogens (tertiary/aromatic N) is 2. The van der Waals surface area contributed by atoms with Crippen molar-refractivity contribution in [1.82, 2.24) is 10.2 Å². The monoisotopic (exact) mass is 372 g/mol. The van der Waals surface area contributed by atoms with E-state index < -0.39 is 9.84 Å². The molecule has 128 valence electrons. The van der Waals surface area contributed by atoms with Crippen LogP contribution in [0.1, 0.15) is 5.56 Å². The van der Waals surface area contributed by atoms with Crippen LogP contribution in [-0.2, 0) is 9.84 Å². The molecule has 3 rings (SSSR count). The first kappa shape index (κ1) is 17.4. The minimum Gasteiger partial charge on any atom is -0.411 e. The minimum absolute atomic E-state index is 0.274. The lowest BCUT2D eigenvalue weighted by atomic mass is 10.1. The fourth-order valence-electron chi connectivity index (χ4n) is 2.16. The number of aromatic nitrogens is 2. The first-order valence-electron chi connectivity index (χ1n) is 7.55. The second-order valence-electron chi connectivity index (χ2n) is 5.23. The summed E-state index contributed by atoms with van der Waals surface area (Å²) in [6.45, 7) is 1.98. The molecule has 0 spiro atoms. The van der Waals surface area contributed by atoms with Gasteiger partial charge in [0.15, 0.2) is 9.84 Å². The van der Waals surface area contributed by atoms with Crippen LogP contribution in [0.3, 0.4) is 0 Å². The normalized spacial score (nSPS) is 11.9. The lowest BCUT2D eigenvalue weighted by Crippen LogP contribution is -1.95. The molecule has 0 aliphatic rings. The summed E-state index contributed by atoms with van der Waals surface area (Å²) in [6.07, 6.45) is 1.57. The van der Waals surface area contributed by atoms with Gasteiger partial charge in [0, 0.05) is 16.7 Å². The van der Waals surface area contributed by atoms with Crippen molar-refractivity contribution in [1.29, 1.82) is 0 Å². The van der Waals surface area contributed by atoms with Crippen LogP contribution in [0.4, 0.5) is 0 Å². The van der Waals surface area contributed by atoms with Gasteiger partial charge in [0.25, 0.3) is 5.22 Å². The molecular formula is C18H16N2O3S2. The molecule has 0 saturated heterocycles. The molecule has 3 aromatic rings. The van der Waals surface area contributed by atoms with Crippen molar-refractivity contribution in [3.05, 3.63) is 71.6 Å². The summed E-state index contributed by atoms with van der Waals surface area (Å²) in [5, 5.41) is 9.64. The highest BCUT2D eigenvalue weighted by atomic mass is 32.2. The zero-order valence-electron chi connectivity index (χ0n) is 13.5. The Balaban J connectivity index is 1.63. The van der Waals surface area contributed by atoms with Gasteiger partial charge in [0.05, 0.1) is 4.90 Å². The van der Waals surface area contributed by atoms with E-state index in [9.17, 15) is 8.42 Å². The average Bonchev–Trinajstić information content (AvgIpc) is 3.09. The van der Waals surface area contributed by atoms with Crippen LogP contribution >= 0.6 is 11.8 Å². The fraction of sp³-hybridized carbons (Fsp3) is 0.111. The molecule has 0 aliphatic heterocycles. The molecular weight excluding hydrogens is 356 g/mol. The van der Waals surface area contributed by atoms with E-state index in [0.29, 0.717) is 16.9 Å². The maximum absolute atomic E-state index is 12.1. The summed E-state index contributed by atoms with van der Waals surface area (Å²) in [4.78, 5) is 0.274. The molecule has 0 fully saturated rings. The van der Waals surface area contributed by atoms with E-state index >= 15 is 0 Å². The molecule has 0 unspecified atom stereocenters. The summed E-state index contributed by atoms with van der Waals surface area (Å²) in [6, 6.07) is 16.1. The van der Waals surface area contributed by atoms with E-state index in [1.807, 2.05) is 31.2 Å². The molecule has 1 aromatic heterocycles. The van der Waals surface area contributed by atoms with Gasteiger partial charge in [0.1, 0.15) is 0 Å². The zero-order chi connectivity index (χ0) is 17.7. The van der Waals surface area contributed by atoms with Crippen LogP contribution < -0.4 is 0 Å². The summed E-state index contributed by atoms with van der Waals surface area (Å²) >= 11 is 1.29. The average molecular weight is 372 g/mol. The Hall–Kier alpha value is -2.38. The van der Waals surface area contributed by atoms with E-state index in [0.717, 1.165) is 11.1 Å². The van der Waals surface area contributed by atoms with Crippen molar-refractivity contribution < 1.29 is 12.8 Å². The molecule has 0 bridgehead atoms. The third kappa shape index (κ3) is 4.37. The predicted molar refractivity (Wildman–Crippen MR) is 98.0 cm³/mol. The largest absolute Gasteiger partial charge is 0.411 e. The first-order valence-corrected chi connectivity index (χ1v) is 10.1. The van der Waals surface area contributed by atoms with E-state index in [1.165, 1.54) is 17.2 Å². The van der Waals surface area contributed by atoms with Gasteiger partial charge in [-0.2, -0.15) is 0 Å². The Morgan fingerprint density at radius 3 is 2.52 bits per heavy atom. The molecule has 0 amide bonds. The maximum Gasteiger partial charge on any atom is 0.277 e. The number of hydrogen-bond acceptors (Lipinski definition) is 6. The minimum atomic E-state index is -3.42. The highest BCUT2D eigenvalue weighted by Crippen LogP contribution is 2.25. The molecule has 0 radical (unpaired) electrons. The predicted octanol–water partition coefficient (Wildman–Crippen LogP) is 4.12. The number of benzene rings is 2. The molecule has 0 N–H and O–H groups in total. The quantitative estimate of drug-likeness (QED) is 0.606. The number of thioether (sulfide) groups is 1. The van der Waals surface area contributed by atoms with E-state index in [2.05, 4.69) is 10.2 Å². The van der Waals surface area contributed by atoms with Crippen LogP contribution in [0.15, 0.2) is 80.6 Å². The van der Waals surface area contributed by atoms with Gasteiger partial charge in [-0.05, 0) is 30.7 Å². The van der Waals surface area contributed by atoms with Crippen molar-refractivity contribution in [2.24, 2.45) is 0 Å². The number of rotatable bonds is 6. The highest BCUT2D eigenvalue weighted by Gasteiger charge is 2.11. The summed E-state index contributed by atoms with van der Waals surface area (Å²) in [7, 11) is -3.42. The molecule has 5 nitrogen and oxygen atoms in total. The number of aryl methyl sites for hydroxylation is 1. The Morgan fingerprint density at radius 1 is 1.04 bits per heavy atom. The number of sulfone groups is 1. The van der Waals surface area contributed by atoms with Gasteiger partial charge in [0.2, 0.25) is 5.89 Å². The van der Waals surface area contributed by atoms with Gasteiger partial charge >= 0.3 is 0 Å². The summed E-state index contributed by atoms with van der Waals surface area (Å²) in [5.74, 6) is 0.878. The van der Waals surface area contributed by atoms with Crippen molar-refractivity contribution in [2.75, 3.05) is 5.75 Å². The van der Waals surface area contributed by atoms with Crippen molar-refractivity contribution in [3.63, 3.8) is 0 Å². The van der Waals surface area contributed by atoms with Crippen LogP contribution in [0, 0.1) is 6.92 Å². The lowest BCUT2D eigenvalue weighted by Gasteiger charge is -1.98. The third-order valence-corrected chi connectivity index (χ3v) is 5.68. The second-order valence-corrected chi connectivity index (χ2v) is 8.03. The first-order chi connectivity index (χ1) is 12.1. The molecule has 1 heterocycles. The van der Waals surface area contributed by atoms with Crippen molar-refractivity contribution in [3.8, 4) is 11.5 Å². The topological polar surface area (TPSA) is 73.1 Å². The third-order valence-electron chi connectivity index (χ3n) is 3.43. The SMILES string of the molecule is Cc1ccccc1-c1nnc(SC/C=C/S(=O)(=O)c2ccccc2)o1. The Bertz CT molecular complexity index is 980. The van der Waals surface area contributed by atoms with Gasteiger partial charge in [-0.3, -0.25) is 0 Å². The van der Waals surface area contributed by atoms with Gasteiger partial charge < -0.3 is 4.42 Å². The Labute approximate surface area is 150 Å². The standard InChI is InChI=1S/C18H16N2O3S2/c1-14-8-5-6-11-16(14)17-19-20-18(23-17)24-12-7-13-25(21,22)15-9-3-2-4-10-15/h2-11,13H,12H2,1H3/b13-7+. The van der Waals surface area contributed by atoms with E-state index in [1.54, 1.807) is 36.4 Å². The van der Waals surface area contributed by atoms with Gasteiger partial charge in [-0.25, -0.2) is 8.42 Å². The fourth-order valence-corrected chi connectivity index (χ4v) is 3.90. The zero-order valence-corrected chi connectivity index (χ0v) is 15.1. The lowest BCUT2D eigenvalue weighted by molar-refractivity contribution is 0.466. The second kappa shape index (κ2) is 7.67. The number of hydrogen-bond donors (Lipinski definition) is 0. The molecule has 0 aliphatic carbocycles. The molecule has 7 heteroatoms. The maximum atomic E-state index is 12.1. The molecule has 25 heavy (non-hydrogen) atoms. The van der Waals surface area contributed by atoms with E-state index in [4.69, 9.17) is 4.42 Å².